The van der Waals surface area contributed by atoms with Crippen molar-refractivity contribution in [2.24, 2.45) is 0 Å². The summed E-state index contributed by atoms with van der Waals surface area (Å²) in [5, 5.41) is 9.43. The summed E-state index contributed by atoms with van der Waals surface area (Å²) in [6.07, 6.45) is 1.66. The van der Waals surface area contributed by atoms with Crippen LogP contribution in [0.15, 0.2) is 59.4 Å². The molecule has 3 heterocycles. The van der Waals surface area contributed by atoms with Crippen molar-refractivity contribution >= 4 is 22.6 Å². The monoisotopic (exact) mass is 516 g/mol. The van der Waals surface area contributed by atoms with Crippen molar-refractivity contribution in [1.82, 2.24) is 29.0 Å². The zero-order chi connectivity index (χ0) is 26.5. The number of aryl methyl sites for hydroxylation is 2. The second-order valence-corrected chi connectivity index (χ2v) is 10.1. The Morgan fingerprint density at radius 2 is 1.71 bits per heavy atom. The number of fused-ring (bicyclic) bond motifs is 3. The van der Waals surface area contributed by atoms with E-state index in [1.54, 1.807) is 4.57 Å². The average molecular weight is 517 g/mol. The van der Waals surface area contributed by atoms with Crippen molar-refractivity contribution in [2.75, 3.05) is 32.8 Å². The number of piperazine rings is 1. The largest absolute Gasteiger partial charge is 0.379 e. The van der Waals surface area contributed by atoms with Gasteiger partial charge in [0.2, 0.25) is 11.7 Å². The second kappa shape index (κ2) is 11.9. The Bertz CT molecular complexity index is 1440. The lowest BCUT2D eigenvalue weighted by molar-refractivity contribution is -0.133. The summed E-state index contributed by atoms with van der Waals surface area (Å²) in [5.74, 6) is 1.33. The molecule has 5 rings (SSSR count). The van der Waals surface area contributed by atoms with Crippen LogP contribution in [0.5, 0.6) is 0 Å². The Kier molecular flexibility index (Phi) is 8.14. The maximum absolute atomic E-state index is 13.3. The standard InChI is InChI=1S/C29H36N6O3/c1-22(2)38-20-8-15-34-28(37)24-11-6-7-12-25(24)35-26(30-31-29(34)35)13-14-27(36)33-18-16-32(17-19-33)21-23-9-4-3-5-10-23/h3-7,9-12,22H,8,13-21H2,1-2H3. The number of para-hydroxylation sites is 1. The van der Waals surface area contributed by atoms with E-state index < -0.39 is 0 Å². The summed E-state index contributed by atoms with van der Waals surface area (Å²) < 4.78 is 9.28. The van der Waals surface area contributed by atoms with Crippen molar-refractivity contribution in [2.45, 2.75) is 52.3 Å². The Balaban J connectivity index is 1.27. The number of carbonyl (C=O) groups is 1. The summed E-state index contributed by atoms with van der Waals surface area (Å²) in [7, 11) is 0. The summed E-state index contributed by atoms with van der Waals surface area (Å²) >= 11 is 0. The fourth-order valence-corrected chi connectivity index (χ4v) is 5.09. The van der Waals surface area contributed by atoms with Gasteiger partial charge in [0, 0.05) is 58.7 Å². The van der Waals surface area contributed by atoms with Crippen LogP contribution in [-0.2, 0) is 29.0 Å². The summed E-state index contributed by atoms with van der Waals surface area (Å²) in [4.78, 5) is 30.7. The van der Waals surface area contributed by atoms with E-state index in [-0.39, 0.29) is 17.6 Å². The van der Waals surface area contributed by atoms with Gasteiger partial charge in [-0.3, -0.25) is 23.5 Å². The van der Waals surface area contributed by atoms with Crippen LogP contribution in [0.3, 0.4) is 0 Å². The number of hydrogen-bond acceptors (Lipinski definition) is 6. The van der Waals surface area contributed by atoms with E-state index in [0.717, 1.165) is 38.2 Å². The van der Waals surface area contributed by atoms with Gasteiger partial charge in [0.05, 0.1) is 17.0 Å². The smallest absolute Gasteiger partial charge is 0.262 e. The minimum Gasteiger partial charge on any atom is -0.379 e. The molecule has 0 bridgehead atoms. The molecule has 0 N–H and O–H groups in total. The third-order valence-corrected chi connectivity index (χ3v) is 7.09. The molecule has 9 heteroatoms. The van der Waals surface area contributed by atoms with Gasteiger partial charge in [-0.2, -0.15) is 0 Å². The number of nitrogens with zero attached hydrogens (tertiary/aromatic N) is 6. The normalized spacial score (nSPS) is 14.7. The van der Waals surface area contributed by atoms with Gasteiger partial charge in [-0.25, -0.2) is 0 Å². The molecule has 1 amide bonds. The van der Waals surface area contributed by atoms with Gasteiger partial charge in [-0.15, -0.1) is 10.2 Å². The number of hydrogen-bond donors (Lipinski definition) is 0. The zero-order valence-corrected chi connectivity index (χ0v) is 22.3. The number of ether oxygens (including phenoxy) is 1. The Labute approximate surface area is 222 Å². The molecular formula is C29H36N6O3. The topological polar surface area (TPSA) is 85.0 Å². The molecule has 0 radical (unpaired) electrons. The maximum Gasteiger partial charge on any atom is 0.262 e. The molecule has 1 aliphatic rings. The summed E-state index contributed by atoms with van der Waals surface area (Å²) in [5.41, 5.74) is 1.98. The van der Waals surface area contributed by atoms with Crippen molar-refractivity contribution in [3.05, 3.63) is 76.3 Å². The minimum absolute atomic E-state index is 0.0824. The van der Waals surface area contributed by atoms with Crippen LogP contribution in [0.4, 0.5) is 0 Å². The van der Waals surface area contributed by atoms with Crippen LogP contribution in [0.1, 0.15) is 38.1 Å². The molecule has 1 saturated heterocycles. The van der Waals surface area contributed by atoms with Crippen LogP contribution in [0.25, 0.3) is 16.7 Å². The van der Waals surface area contributed by atoms with E-state index in [1.807, 2.05) is 53.5 Å². The lowest BCUT2D eigenvalue weighted by Crippen LogP contribution is -2.48. The first-order chi connectivity index (χ1) is 18.5. The van der Waals surface area contributed by atoms with E-state index in [4.69, 9.17) is 4.74 Å². The van der Waals surface area contributed by atoms with Gasteiger partial charge < -0.3 is 9.64 Å². The molecule has 0 saturated carbocycles. The highest BCUT2D eigenvalue weighted by Crippen LogP contribution is 2.17. The molecule has 0 aliphatic carbocycles. The van der Waals surface area contributed by atoms with Gasteiger partial charge in [0.1, 0.15) is 5.82 Å². The fraction of sp³-hybridized carbons (Fsp3) is 0.448. The average Bonchev–Trinajstić information content (AvgIpc) is 3.36. The molecule has 0 atom stereocenters. The number of amides is 1. The minimum atomic E-state index is -0.0824. The summed E-state index contributed by atoms with van der Waals surface area (Å²) in [6, 6.07) is 18.0. The quantitative estimate of drug-likeness (QED) is 0.301. The van der Waals surface area contributed by atoms with Gasteiger partial charge in [-0.05, 0) is 38.0 Å². The first-order valence-corrected chi connectivity index (χ1v) is 13.5. The number of rotatable bonds is 10. The molecule has 1 fully saturated rings. The molecule has 4 aromatic rings. The molecule has 9 nitrogen and oxygen atoms in total. The Morgan fingerprint density at radius 1 is 0.974 bits per heavy atom. The highest BCUT2D eigenvalue weighted by atomic mass is 16.5. The molecule has 2 aromatic carbocycles. The lowest BCUT2D eigenvalue weighted by Gasteiger charge is -2.34. The predicted octanol–water partition coefficient (Wildman–Crippen LogP) is 3.14. The van der Waals surface area contributed by atoms with E-state index in [0.29, 0.717) is 49.4 Å². The van der Waals surface area contributed by atoms with Crippen molar-refractivity contribution < 1.29 is 9.53 Å². The van der Waals surface area contributed by atoms with Crippen LogP contribution in [0.2, 0.25) is 0 Å². The van der Waals surface area contributed by atoms with E-state index in [1.165, 1.54) is 5.56 Å². The molecule has 1 aliphatic heterocycles. The van der Waals surface area contributed by atoms with E-state index in [9.17, 15) is 9.59 Å². The third-order valence-electron chi connectivity index (χ3n) is 7.09. The predicted molar refractivity (Wildman–Crippen MR) is 147 cm³/mol. The highest BCUT2D eigenvalue weighted by Gasteiger charge is 2.22. The van der Waals surface area contributed by atoms with Crippen LogP contribution >= 0.6 is 0 Å². The van der Waals surface area contributed by atoms with Crippen LogP contribution in [-0.4, -0.2) is 73.8 Å². The number of carbonyl (C=O) groups excluding carboxylic acids is 1. The second-order valence-electron chi connectivity index (χ2n) is 10.1. The molecule has 0 unspecified atom stereocenters. The maximum atomic E-state index is 13.3. The Morgan fingerprint density at radius 3 is 2.47 bits per heavy atom. The number of aromatic nitrogens is 4. The molecular weight excluding hydrogens is 480 g/mol. The molecule has 200 valence electrons. The molecule has 38 heavy (non-hydrogen) atoms. The van der Waals surface area contributed by atoms with E-state index in [2.05, 4.69) is 39.4 Å². The van der Waals surface area contributed by atoms with Crippen LogP contribution < -0.4 is 5.56 Å². The molecule has 0 spiro atoms. The zero-order valence-electron chi connectivity index (χ0n) is 22.3. The van der Waals surface area contributed by atoms with Crippen LogP contribution in [0, 0.1) is 0 Å². The van der Waals surface area contributed by atoms with Crippen molar-refractivity contribution in [3.63, 3.8) is 0 Å². The highest BCUT2D eigenvalue weighted by molar-refractivity contribution is 5.80. The van der Waals surface area contributed by atoms with Crippen molar-refractivity contribution in [1.29, 1.82) is 0 Å². The van der Waals surface area contributed by atoms with Gasteiger partial charge in [-0.1, -0.05) is 42.5 Å². The van der Waals surface area contributed by atoms with Gasteiger partial charge >= 0.3 is 0 Å². The summed E-state index contributed by atoms with van der Waals surface area (Å²) in [6.45, 7) is 9.15. The first kappa shape index (κ1) is 26.1. The third kappa shape index (κ3) is 5.79. The first-order valence-electron chi connectivity index (χ1n) is 13.5. The SMILES string of the molecule is CC(C)OCCCn1c(=O)c2ccccc2n2c(CCC(=O)N3CCN(Cc4ccccc4)CC3)nnc12. The van der Waals surface area contributed by atoms with Crippen molar-refractivity contribution in [3.8, 4) is 0 Å². The van der Waals surface area contributed by atoms with Gasteiger partial charge in [0.15, 0.2) is 0 Å². The number of benzene rings is 2. The fourth-order valence-electron chi connectivity index (χ4n) is 5.09. The Hall–Kier alpha value is -3.56. The lowest BCUT2D eigenvalue weighted by atomic mass is 10.2. The molecule has 2 aromatic heterocycles. The van der Waals surface area contributed by atoms with Gasteiger partial charge in [0.25, 0.3) is 5.56 Å². The van der Waals surface area contributed by atoms with E-state index >= 15 is 0 Å².